The Balaban J connectivity index is 1.52. The molecule has 3 aromatic rings. The number of benzene rings is 1. The first kappa shape index (κ1) is 20.3. The lowest BCUT2D eigenvalue weighted by Crippen LogP contribution is -2.49. The molecule has 1 fully saturated rings. The summed E-state index contributed by atoms with van der Waals surface area (Å²) in [5, 5.41) is 8.64. The van der Waals surface area contributed by atoms with Gasteiger partial charge < -0.3 is 14.5 Å². The summed E-state index contributed by atoms with van der Waals surface area (Å²) in [6.45, 7) is 5.25. The van der Waals surface area contributed by atoms with Gasteiger partial charge in [-0.2, -0.15) is 4.68 Å². The molecule has 10 heteroatoms. The van der Waals surface area contributed by atoms with Crippen molar-refractivity contribution in [2.75, 3.05) is 43.6 Å². The third kappa shape index (κ3) is 4.16. The summed E-state index contributed by atoms with van der Waals surface area (Å²) < 4.78 is 7.20. The minimum atomic E-state index is 0.157. The van der Waals surface area contributed by atoms with Gasteiger partial charge in [0.25, 0.3) is 0 Å². The Morgan fingerprint density at radius 2 is 1.90 bits per heavy atom. The monoisotopic (exact) mass is 429 g/mol. The molecule has 30 heavy (non-hydrogen) atoms. The smallest absolute Gasteiger partial charge is 0.222 e. The predicted molar refractivity (Wildman–Crippen MR) is 114 cm³/mol. The molecule has 158 valence electrons. The maximum absolute atomic E-state index is 12.2. The lowest BCUT2D eigenvalue weighted by Gasteiger charge is -2.35. The van der Waals surface area contributed by atoms with Gasteiger partial charge in [0.15, 0.2) is 17.0 Å². The van der Waals surface area contributed by atoms with Crippen LogP contribution >= 0.6 is 11.6 Å². The number of amides is 1. The maximum atomic E-state index is 12.2. The van der Waals surface area contributed by atoms with Crippen molar-refractivity contribution in [3.63, 3.8) is 0 Å². The quantitative estimate of drug-likeness (QED) is 0.532. The summed E-state index contributed by atoms with van der Waals surface area (Å²) in [6.07, 6.45) is 2.74. The molecule has 0 N–H and O–H groups in total. The molecule has 1 saturated heterocycles. The SMILES string of the molecule is CCOc1ccc(-n2nnc3c(N4CCN(C(=O)CCCCl)CC4)ncnc32)cc1. The van der Waals surface area contributed by atoms with Gasteiger partial charge >= 0.3 is 0 Å². The van der Waals surface area contributed by atoms with Gasteiger partial charge in [0.05, 0.1) is 12.3 Å². The molecule has 1 aromatic carbocycles. The molecule has 2 aromatic heterocycles. The summed E-state index contributed by atoms with van der Waals surface area (Å²) >= 11 is 5.70. The molecule has 9 nitrogen and oxygen atoms in total. The number of aromatic nitrogens is 5. The Labute approximate surface area is 179 Å². The van der Waals surface area contributed by atoms with Crippen molar-refractivity contribution in [1.82, 2.24) is 29.9 Å². The lowest BCUT2D eigenvalue weighted by molar-refractivity contribution is -0.131. The largest absolute Gasteiger partial charge is 0.494 e. The number of hydrogen-bond donors (Lipinski definition) is 0. The summed E-state index contributed by atoms with van der Waals surface area (Å²) in [5.74, 6) is 2.21. The van der Waals surface area contributed by atoms with Crippen LogP contribution in [0.4, 0.5) is 5.82 Å². The Morgan fingerprint density at radius 1 is 1.13 bits per heavy atom. The van der Waals surface area contributed by atoms with Crippen LogP contribution in [-0.4, -0.2) is 74.4 Å². The van der Waals surface area contributed by atoms with Gasteiger partial charge in [0, 0.05) is 38.5 Å². The van der Waals surface area contributed by atoms with E-state index < -0.39 is 0 Å². The van der Waals surface area contributed by atoms with Crippen molar-refractivity contribution in [1.29, 1.82) is 0 Å². The second-order valence-electron chi connectivity index (χ2n) is 6.96. The minimum Gasteiger partial charge on any atom is -0.494 e. The summed E-state index contributed by atoms with van der Waals surface area (Å²) in [4.78, 5) is 25.1. The molecule has 1 amide bonds. The van der Waals surface area contributed by atoms with E-state index in [0.717, 1.165) is 17.3 Å². The number of carbonyl (C=O) groups is 1. The highest BCUT2D eigenvalue weighted by Crippen LogP contribution is 2.24. The van der Waals surface area contributed by atoms with E-state index in [1.54, 1.807) is 4.68 Å². The normalized spacial score (nSPS) is 14.3. The van der Waals surface area contributed by atoms with E-state index in [1.165, 1.54) is 6.33 Å². The fraction of sp³-hybridized carbons (Fsp3) is 0.450. The molecular weight excluding hydrogens is 406 g/mol. The second-order valence-corrected chi connectivity index (χ2v) is 7.34. The topological polar surface area (TPSA) is 89.3 Å². The number of alkyl halides is 1. The number of halogens is 1. The van der Waals surface area contributed by atoms with Gasteiger partial charge in [-0.15, -0.1) is 16.7 Å². The van der Waals surface area contributed by atoms with Gasteiger partial charge in [0.1, 0.15) is 12.1 Å². The van der Waals surface area contributed by atoms with Crippen LogP contribution in [0.1, 0.15) is 19.8 Å². The van der Waals surface area contributed by atoms with E-state index in [1.807, 2.05) is 36.1 Å². The van der Waals surface area contributed by atoms with E-state index in [-0.39, 0.29) is 5.91 Å². The summed E-state index contributed by atoms with van der Waals surface area (Å²) in [6, 6.07) is 7.64. The van der Waals surface area contributed by atoms with Gasteiger partial charge in [0.2, 0.25) is 5.91 Å². The fourth-order valence-electron chi connectivity index (χ4n) is 3.54. The maximum Gasteiger partial charge on any atom is 0.222 e. The number of piperazine rings is 1. The van der Waals surface area contributed by atoms with Gasteiger partial charge in [-0.3, -0.25) is 4.79 Å². The number of nitrogens with zero attached hydrogens (tertiary/aromatic N) is 7. The summed E-state index contributed by atoms with van der Waals surface area (Å²) in [7, 11) is 0. The first-order valence-electron chi connectivity index (χ1n) is 10.1. The van der Waals surface area contributed by atoms with Crippen molar-refractivity contribution in [2.45, 2.75) is 19.8 Å². The summed E-state index contributed by atoms with van der Waals surface area (Å²) in [5.41, 5.74) is 2.14. The standard InChI is InChI=1S/C20H24ClN7O2/c1-2-30-16-7-5-15(6-8-16)28-20-18(24-25-28)19(22-14-23-20)27-12-10-26(11-13-27)17(29)4-3-9-21/h5-8,14H,2-4,9-13H2,1H3. The van der Waals surface area contributed by atoms with Crippen molar-refractivity contribution in [3.8, 4) is 11.4 Å². The zero-order chi connectivity index (χ0) is 20.9. The number of rotatable bonds is 7. The molecule has 0 bridgehead atoms. The molecule has 0 aliphatic carbocycles. The van der Waals surface area contributed by atoms with Crippen LogP contribution in [0.3, 0.4) is 0 Å². The highest BCUT2D eigenvalue weighted by Gasteiger charge is 2.24. The zero-order valence-electron chi connectivity index (χ0n) is 16.9. The third-order valence-corrected chi connectivity index (χ3v) is 5.33. The first-order chi connectivity index (χ1) is 14.7. The van der Waals surface area contributed by atoms with Crippen molar-refractivity contribution >= 4 is 34.5 Å². The van der Waals surface area contributed by atoms with Crippen LogP contribution in [0.15, 0.2) is 30.6 Å². The van der Waals surface area contributed by atoms with Crippen LogP contribution in [0, 0.1) is 0 Å². The van der Waals surface area contributed by atoms with E-state index in [4.69, 9.17) is 16.3 Å². The van der Waals surface area contributed by atoms with Crippen LogP contribution in [0.25, 0.3) is 16.9 Å². The molecule has 3 heterocycles. The number of hydrogen-bond acceptors (Lipinski definition) is 7. The Hall–Kier alpha value is -2.94. The fourth-order valence-corrected chi connectivity index (χ4v) is 3.67. The van der Waals surface area contributed by atoms with E-state index >= 15 is 0 Å². The molecule has 0 unspecified atom stereocenters. The highest BCUT2D eigenvalue weighted by molar-refractivity contribution is 6.17. The molecule has 1 aliphatic heterocycles. The van der Waals surface area contributed by atoms with Gasteiger partial charge in [-0.05, 0) is 37.6 Å². The number of ether oxygens (including phenoxy) is 1. The van der Waals surface area contributed by atoms with Crippen LogP contribution in [0.2, 0.25) is 0 Å². The molecule has 4 rings (SSSR count). The van der Waals surface area contributed by atoms with Gasteiger partial charge in [-0.1, -0.05) is 5.21 Å². The number of carbonyl (C=O) groups excluding carboxylic acids is 1. The van der Waals surface area contributed by atoms with Crippen molar-refractivity contribution < 1.29 is 9.53 Å². The third-order valence-electron chi connectivity index (χ3n) is 5.07. The van der Waals surface area contributed by atoms with E-state index in [0.29, 0.717) is 62.7 Å². The van der Waals surface area contributed by atoms with Crippen LogP contribution in [0.5, 0.6) is 5.75 Å². The predicted octanol–water partition coefficient (Wildman–Crippen LogP) is 2.28. The van der Waals surface area contributed by atoms with Crippen LogP contribution in [-0.2, 0) is 4.79 Å². The Morgan fingerprint density at radius 3 is 2.60 bits per heavy atom. The first-order valence-corrected chi connectivity index (χ1v) is 10.6. The van der Waals surface area contributed by atoms with Gasteiger partial charge in [-0.25, -0.2) is 9.97 Å². The van der Waals surface area contributed by atoms with E-state index in [9.17, 15) is 4.79 Å². The molecule has 0 radical (unpaired) electrons. The van der Waals surface area contributed by atoms with Crippen molar-refractivity contribution in [3.05, 3.63) is 30.6 Å². The average Bonchev–Trinajstić information content (AvgIpc) is 3.23. The number of anilines is 1. The van der Waals surface area contributed by atoms with E-state index in [2.05, 4.69) is 25.2 Å². The molecule has 0 saturated carbocycles. The number of fused-ring (bicyclic) bond motifs is 1. The Bertz CT molecular complexity index is 1000. The average molecular weight is 430 g/mol. The zero-order valence-corrected chi connectivity index (χ0v) is 17.6. The highest BCUT2D eigenvalue weighted by atomic mass is 35.5. The van der Waals surface area contributed by atoms with Crippen LogP contribution < -0.4 is 9.64 Å². The van der Waals surface area contributed by atoms with Crippen molar-refractivity contribution in [2.24, 2.45) is 0 Å². The molecule has 0 spiro atoms. The second kappa shape index (κ2) is 9.25. The molecule has 1 aliphatic rings. The molecular formula is C20H24ClN7O2. The minimum absolute atomic E-state index is 0.157. The Kier molecular flexibility index (Phi) is 6.27. The molecule has 0 atom stereocenters. The lowest BCUT2D eigenvalue weighted by atomic mass is 10.2.